The maximum Gasteiger partial charge on any atom is 0.262 e. The van der Waals surface area contributed by atoms with Crippen LogP contribution in [0.3, 0.4) is 0 Å². The van der Waals surface area contributed by atoms with Gasteiger partial charge in [0.2, 0.25) is 5.91 Å². The fourth-order valence-electron chi connectivity index (χ4n) is 2.60. The molecule has 1 aliphatic rings. The second-order valence-corrected chi connectivity index (χ2v) is 7.65. The predicted molar refractivity (Wildman–Crippen MR) is 112 cm³/mol. The van der Waals surface area contributed by atoms with E-state index in [1.807, 2.05) is 13.0 Å². The molecule has 146 valence electrons. The highest BCUT2D eigenvalue weighted by molar-refractivity contribution is 8.15. The summed E-state index contributed by atoms with van der Waals surface area (Å²) in [6, 6.07) is 7.13. The summed E-state index contributed by atoms with van der Waals surface area (Å²) in [5.74, 6) is -0.0800. The van der Waals surface area contributed by atoms with Crippen molar-refractivity contribution in [3.63, 3.8) is 0 Å². The van der Waals surface area contributed by atoms with E-state index in [0.717, 1.165) is 0 Å². The van der Waals surface area contributed by atoms with Crippen LogP contribution in [0.25, 0.3) is 10.9 Å². The number of fused-ring (bicyclic) bond motifs is 1. The summed E-state index contributed by atoms with van der Waals surface area (Å²) in [6.07, 6.45) is 1.60. The average Bonchev–Trinajstić information content (AvgIpc) is 3.05. The van der Waals surface area contributed by atoms with Gasteiger partial charge in [0.25, 0.3) is 11.5 Å². The molecule has 0 unspecified atom stereocenters. The van der Waals surface area contributed by atoms with Crippen molar-refractivity contribution in [3.8, 4) is 0 Å². The number of hydrogen-bond acceptors (Lipinski definition) is 7. The largest absolute Gasteiger partial charge is 0.287 e. The van der Waals surface area contributed by atoms with Crippen LogP contribution >= 0.6 is 23.5 Å². The molecule has 0 aliphatic carbocycles. The Hall–Kier alpha value is -2.59. The predicted octanol–water partition coefficient (Wildman–Crippen LogP) is 1.66. The number of carbonyl (C=O) groups excluding carboxylic acids is 2. The van der Waals surface area contributed by atoms with Gasteiger partial charge in [-0.25, -0.2) is 10.4 Å². The first-order valence-electron chi connectivity index (χ1n) is 8.58. The molecule has 0 saturated carbocycles. The van der Waals surface area contributed by atoms with E-state index in [9.17, 15) is 14.4 Å². The number of nitrogens with zero attached hydrogens (tertiary/aromatic N) is 4. The van der Waals surface area contributed by atoms with E-state index in [1.54, 1.807) is 28.8 Å². The number of amidine groups is 1. The number of aromatic nitrogens is 2. The highest BCUT2D eigenvalue weighted by Gasteiger charge is 2.27. The molecule has 2 heterocycles. The Morgan fingerprint density at radius 3 is 2.96 bits per heavy atom. The maximum absolute atomic E-state index is 12.6. The van der Waals surface area contributed by atoms with Crippen LogP contribution in [0, 0.1) is 0 Å². The summed E-state index contributed by atoms with van der Waals surface area (Å²) in [4.78, 5) is 42.5. The van der Waals surface area contributed by atoms with Crippen LogP contribution in [0.15, 0.2) is 52.0 Å². The van der Waals surface area contributed by atoms with Crippen molar-refractivity contribution in [1.82, 2.24) is 19.9 Å². The maximum atomic E-state index is 12.6. The number of carbonyl (C=O) groups is 2. The van der Waals surface area contributed by atoms with Crippen LogP contribution in [0.5, 0.6) is 0 Å². The zero-order valence-electron chi connectivity index (χ0n) is 15.3. The molecule has 1 aromatic carbocycles. The number of rotatable bonds is 7. The lowest BCUT2D eigenvalue weighted by molar-refractivity contribution is -0.124. The Kier molecular flexibility index (Phi) is 6.53. The second-order valence-electron chi connectivity index (χ2n) is 5.76. The normalized spacial score (nSPS) is 15.4. The Balaban J connectivity index is 1.69. The van der Waals surface area contributed by atoms with Crippen molar-refractivity contribution in [3.05, 3.63) is 47.3 Å². The third-order valence-corrected chi connectivity index (χ3v) is 5.86. The van der Waals surface area contributed by atoms with E-state index < -0.39 is 0 Å². The molecule has 1 aromatic heterocycles. The topological polar surface area (TPSA) is 96.7 Å². The lowest BCUT2D eigenvalue weighted by Gasteiger charge is -2.13. The first kappa shape index (κ1) is 20.2. The Morgan fingerprint density at radius 2 is 2.21 bits per heavy atom. The molecule has 1 saturated heterocycles. The molecule has 28 heavy (non-hydrogen) atoms. The lowest BCUT2D eigenvalue weighted by atomic mass is 10.2. The summed E-state index contributed by atoms with van der Waals surface area (Å²) < 4.78 is 1.55. The molecule has 0 atom stereocenters. The molecule has 1 N–H and O–H groups in total. The minimum atomic E-state index is -0.346. The number of hydrazone groups is 1. The van der Waals surface area contributed by atoms with Crippen LogP contribution in [0.4, 0.5) is 0 Å². The summed E-state index contributed by atoms with van der Waals surface area (Å²) in [5.41, 5.74) is 2.93. The molecule has 3 rings (SSSR count). The number of nitrogens with one attached hydrogen (secondary N) is 1. The van der Waals surface area contributed by atoms with Crippen molar-refractivity contribution >= 4 is 51.4 Å². The number of hydrogen-bond donors (Lipinski definition) is 1. The van der Waals surface area contributed by atoms with E-state index in [-0.39, 0.29) is 23.1 Å². The van der Waals surface area contributed by atoms with E-state index in [2.05, 4.69) is 22.1 Å². The quantitative estimate of drug-likeness (QED) is 0.319. The molecule has 0 spiro atoms. The first-order valence-corrected chi connectivity index (χ1v) is 10.5. The Labute approximate surface area is 170 Å². The van der Waals surface area contributed by atoms with Crippen molar-refractivity contribution in [1.29, 1.82) is 0 Å². The third kappa shape index (κ3) is 4.28. The third-order valence-electron chi connectivity index (χ3n) is 3.92. The summed E-state index contributed by atoms with van der Waals surface area (Å²) in [7, 11) is 0. The number of amides is 2. The van der Waals surface area contributed by atoms with Gasteiger partial charge in [0.05, 0.1) is 22.4 Å². The van der Waals surface area contributed by atoms with E-state index in [0.29, 0.717) is 40.1 Å². The van der Waals surface area contributed by atoms with Gasteiger partial charge in [-0.15, -0.1) is 11.7 Å². The van der Waals surface area contributed by atoms with Crippen LogP contribution in [0.2, 0.25) is 0 Å². The second kappa shape index (κ2) is 9.07. The average molecular weight is 418 g/mol. The SMILES string of the molecule is C=CCN1C(=O)CS/C1=N\NC(=O)CSc1nc2ccccc2c(=O)n1CC. The van der Waals surface area contributed by atoms with Crippen molar-refractivity contribution in [2.24, 2.45) is 5.10 Å². The van der Waals surface area contributed by atoms with Crippen LogP contribution in [-0.2, 0) is 16.1 Å². The van der Waals surface area contributed by atoms with Crippen LogP contribution in [0.1, 0.15) is 6.92 Å². The van der Waals surface area contributed by atoms with Crippen molar-refractivity contribution < 1.29 is 9.59 Å². The highest BCUT2D eigenvalue weighted by Crippen LogP contribution is 2.19. The van der Waals surface area contributed by atoms with Crippen LogP contribution < -0.4 is 11.0 Å². The standard InChI is InChI=1S/C18H19N5O3S2/c1-3-9-23-15(25)11-28-18(23)21-20-14(24)10-27-17-19-13-8-6-5-7-12(13)16(26)22(17)4-2/h3,5-8H,1,4,9-11H2,2H3,(H,20,24)/b21-18-. The van der Waals surface area contributed by atoms with Gasteiger partial charge >= 0.3 is 0 Å². The monoisotopic (exact) mass is 417 g/mol. The molecule has 0 bridgehead atoms. The van der Waals surface area contributed by atoms with Gasteiger partial charge < -0.3 is 0 Å². The molecular formula is C18H19N5O3S2. The Bertz CT molecular complexity index is 1020. The molecule has 2 aromatic rings. The van der Waals surface area contributed by atoms with Gasteiger partial charge in [0.15, 0.2) is 10.3 Å². The van der Waals surface area contributed by atoms with Gasteiger partial charge in [0.1, 0.15) is 0 Å². The summed E-state index contributed by atoms with van der Waals surface area (Å²) in [6.45, 7) is 6.27. The zero-order valence-corrected chi connectivity index (χ0v) is 16.9. The molecular weight excluding hydrogens is 398 g/mol. The first-order chi connectivity index (χ1) is 13.5. The smallest absolute Gasteiger partial charge is 0.262 e. The highest BCUT2D eigenvalue weighted by atomic mass is 32.2. The lowest BCUT2D eigenvalue weighted by Crippen LogP contribution is -2.32. The number of para-hydroxylation sites is 1. The minimum Gasteiger partial charge on any atom is -0.287 e. The fraction of sp³-hybridized carbons (Fsp3) is 0.278. The van der Waals surface area contributed by atoms with Crippen molar-refractivity contribution in [2.45, 2.75) is 18.6 Å². The van der Waals surface area contributed by atoms with Gasteiger partial charge in [-0.2, -0.15) is 0 Å². The zero-order chi connectivity index (χ0) is 20.1. The van der Waals surface area contributed by atoms with Gasteiger partial charge in [0, 0.05) is 13.1 Å². The summed E-state index contributed by atoms with van der Waals surface area (Å²) >= 11 is 2.43. The molecule has 1 aliphatic heterocycles. The summed E-state index contributed by atoms with van der Waals surface area (Å²) in [5, 5.41) is 5.50. The molecule has 8 nitrogen and oxygen atoms in total. The Morgan fingerprint density at radius 1 is 1.43 bits per heavy atom. The minimum absolute atomic E-state index is 0.0433. The van der Waals surface area contributed by atoms with E-state index >= 15 is 0 Å². The van der Waals surface area contributed by atoms with E-state index in [4.69, 9.17) is 0 Å². The number of thioether (sulfide) groups is 2. The number of benzene rings is 1. The van der Waals surface area contributed by atoms with Gasteiger partial charge in [-0.3, -0.25) is 23.9 Å². The molecule has 1 fully saturated rings. The van der Waals surface area contributed by atoms with Crippen LogP contribution in [-0.4, -0.2) is 49.5 Å². The van der Waals surface area contributed by atoms with E-state index in [1.165, 1.54) is 28.4 Å². The molecule has 10 heteroatoms. The molecule has 2 amide bonds. The van der Waals surface area contributed by atoms with Crippen molar-refractivity contribution in [2.75, 3.05) is 18.1 Å². The van der Waals surface area contributed by atoms with Gasteiger partial charge in [-0.05, 0) is 19.1 Å². The molecule has 0 radical (unpaired) electrons. The van der Waals surface area contributed by atoms with Gasteiger partial charge in [-0.1, -0.05) is 41.7 Å². The fourth-order valence-corrected chi connectivity index (χ4v) is 4.31.